The number of hydrogen-bond acceptors (Lipinski definition) is 1. The molecular weight excluding hydrogens is 232 g/mol. The zero-order valence-corrected chi connectivity index (χ0v) is 12.3. The molecule has 1 heteroatoms. The van der Waals surface area contributed by atoms with Crippen LogP contribution in [-0.2, 0) is 0 Å². The number of allylic oxidation sites excluding steroid dienone is 1. The molecule has 0 aromatic carbocycles. The second-order valence-electron chi connectivity index (χ2n) is 8.03. The first-order valence-corrected chi connectivity index (χ1v) is 8.56. The van der Waals surface area contributed by atoms with Crippen molar-refractivity contribution in [1.82, 2.24) is 0 Å². The highest BCUT2D eigenvalue weighted by Crippen LogP contribution is 2.61. The summed E-state index contributed by atoms with van der Waals surface area (Å²) in [5, 5.41) is 9.90. The van der Waals surface area contributed by atoms with Gasteiger partial charge in [-0.05, 0) is 81.0 Å². The van der Waals surface area contributed by atoms with Crippen LogP contribution < -0.4 is 0 Å². The van der Waals surface area contributed by atoms with Crippen molar-refractivity contribution in [2.45, 2.75) is 77.2 Å². The molecule has 4 aliphatic rings. The quantitative estimate of drug-likeness (QED) is 0.638. The van der Waals surface area contributed by atoms with Crippen LogP contribution in [0, 0.1) is 23.2 Å². The lowest BCUT2D eigenvalue weighted by atomic mass is 9.54. The minimum atomic E-state index is -0.0318. The number of fused-ring (bicyclic) bond motifs is 4. The minimum absolute atomic E-state index is 0.0318. The smallest absolute Gasteiger partial charge is 0.0580 e. The third kappa shape index (κ3) is 1.84. The Kier molecular flexibility index (Phi) is 2.85. The summed E-state index contributed by atoms with van der Waals surface area (Å²) in [7, 11) is 0. The van der Waals surface area contributed by atoms with E-state index in [-0.39, 0.29) is 6.10 Å². The van der Waals surface area contributed by atoms with Gasteiger partial charge in [0.2, 0.25) is 0 Å². The lowest BCUT2D eigenvalue weighted by Gasteiger charge is -2.51. The topological polar surface area (TPSA) is 20.2 Å². The summed E-state index contributed by atoms with van der Waals surface area (Å²) in [5.74, 6) is 2.93. The van der Waals surface area contributed by atoms with Gasteiger partial charge >= 0.3 is 0 Å². The SMILES string of the molecule is C[C@@]12CCC[C@H]1[C@@H]1CCC3=C(CCC(O)C3)[C@H]1CC2. The van der Waals surface area contributed by atoms with Gasteiger partial charge in [0.05, 0.1) is 6.10 Å². The molecule has 0 aromatic heterocycles. The molecule has 19 heavy (non-hydrogen) atoms. The average molecular weight is 260 g/mol. The summed E-state index contributed by atoms with van der Waals surface area (Å²) in [6.45, 7) is 2.58. The van der Waals surface area contributed by atoms with Crippen molar-refractivity contribution >= 4 is 0 Å². The van der Waals surface area contributed by atoms with E-state index < -0.39 is 0 Å². The van der Waals surface area contributed by atoms with Crippen molar-refractivity contribution in [2.75, 3.05) is 0 Å². The maximum absolute atomic E-state index is 9.90. The van der Waals surface area contributed by atoms with Crippen LogP contribution in [-0.4, -0.2) is 11.2 Å². The molecule has 0 aromatic rings. The largest absolute Gasteiger partial charge is 0.393 e. The van der Waals surface area contributed by atoms with E-state index in [1.807, 2.05) is 5.57 Å². The van der Waals surface area contributed by atoms with E-state index in [2.05, 4.69) is 6.92 Å². The molecular formula is C18H28O. The molecule has 0 bridgehead atoms. The molecule has 0 spiro atoms. The molecule has 0 aliphatic heterocycles. The highest BCUT2D eigenvalue weighted by atomic mass is 16.3. The van der Waals surface area contributed by atoms with Gasteiger partial charge < -0.3 is 5.11 Å². The molecule has 1 N–H and O–H groups in total. The van der Waals surface area contributed by atoms with Gasteiger partial charge in [-0.15, -0.1) is 0 Å². The fourth-order valence-electron chi connectivity index (χ4n) is 6.18. The predicted molar refractivity (Wildman–Crippen MR) is 77.8 cm³/mol. The highest BCUT2D eigenvalue weighted by molar-refractivity contribution is 5.26. The predicted octanol–water partition coefficient (Wildman–Crippen LogP) is 4.45. The van der Waals surface area contributed by atoms with Gasteiger partial charge in [-0.2, -0.15) is 0 Å². The number of aliphatic hydroxyl groups excluding tert-OH is 1. The fraction of sp³-hybridized carbons (Fsp3) is 0.889. The van der Waals surface area contributed by atoms with Crippen molar-refractivity contribution in [2.24, 2.45) is 23.2 Å². The van der Waals surface area contributed by atoms with Crippen LogP contribution >= 0.6 is 0 Å². The summed E-state index contributed by atoms with van der Waals surface area (Å²) in [6, 6.07) is 0. The Labute approximate surface area is 117 Å². The molecule has 4 rings (SSSR count). The Morgan fingerprint density at radius 1 is 1.05 bits per heavy atom. The molecule has 0 heterocycles. The second-order valence-corrected chi connectivity index (χ2v) is 8.03. The van der Waals surface area contributed by atoms with Crippen LogP contribution in [0.5, 0.6) is 0 Å². The third-order valence-corrected chi connectivity index (χ3v) is 7.13. The summed E-state index contributed by atoms with van der Waals surface area (Å²) in [6.07, 6.45) is 13.3. The first-order valence-electron chi connectivity index (χ1n) is 8.56. The molecule has 0 saturated heterocycles. The van der Waals surface area contributed by atoms with Crippen molar-refractivity contribution in [1.29, 1.82) is 0 Å². The lowest BCUT2D eigenvalue weighted by molar-refractivity contribution is 0.0369. The molecule has 0 amide bonds. The number of rotatable bonds is 0. The Balaban J connectivity index is 1.64. The maximum Gasteiger partial charge on any atom is 0.0580 e. The van der Waals surface area contributed by atoms with E-state index in [0.29, 0.717) is 5.41 Å². The lowest BCUT2D eigenvalue weighted by Crippen LogP contribution is -2.41. The van der Waals surface area contributed by atoms with Gasteiger partial charge in [0.25, 0.3) is 0 Å². The summed E-state index contributed by atoms with van der Waals surface area (Å²) >= 11 is 0. The zero-order chi connectivity index (χ0) is 13.0. The second kappa shape index (κ2) is 4.35. The summed E-state index contributed by atoms with van der Waals surface area (Å²) < 4.78 is 0. The normalized spacial score (nSPS) is 49.6. The Hall–Kier alpha value is -0.300. The molecule has 5 atom stereocenters. The van der Waals surface area contributed by atoms with E-state index >= 15 is 0 Å². The Morgan fingerprint density at radius 2 is 1.95 bits per heavy atom. The highest BCUT2D eigenvalue weighted by Gasteiger charge is 2.50. The number of hydrogen-bond donors (Lipinski definition) is 1. The summed E-state index contributed by atoms with van der Waals surface area (Å²) in [5.41, 5.74) is 4.17. The Morgan fingerprint density at radius 3 is 2.84 bits per heavy atom. The van der Waals surface area contributed by atoms with E-state index in [1.165, 1.54) is 51.4 Å². The van der Waals surface area contributed by atoms with Gasteiger partial charge in [-0.3, -0.25) is 0 Å². The van der Waals surface area contributed by atoms with Crippen LogP contribution in [0.4, 0.5) is 0 Å². The minimum Gasteiger partial charge on any atom is -0.393 e. The van der Waals surface area contributed by atoms with Crippen LogP contribution in [0.2, 0.25) is 0 Å². The summed E-state index contributed by atoms with van der Waals surface area (Å²) in [4.78, 5) is 0. The van der Waals surface area contributed by atoms with Gasteiger partial charge in [0.1, 0.15) is 0 Å². The molecule has 106 valence electrons. The molecule has 1 unspecified atom stereocenters. The molecule has 1 nitrogen and oxygen atoms in total. The van der Waals surface area contributed by atoms with Gasteiger partial charge in [0.15, 0.2) is 0 Å². The van der Waals surface area contributed by atoms with Crippen LogP contribution in [0.3, 0.4) is 0 Å². The van der Waals surface area contributed by atoms with Crippen LogP contribution in [0.25, 0.3) is 0 Å². The molecule has 4 aliphatic carbocycles. The van der Waals surface area contributed by atoms with Crippen molar-refractivity contribution in [3.63, 3.8) is 0 Å². The first kappa shape index (κ1) is 12.4. The van der Waals surface area contributed by atoms with E-state index in [9.17, 15) is 5.11 Å². The standard InChI is InChI=1S/C18H28O/c1-18-9-2-3-17(18)16-6-4-12-11-13(19)5-7-14(12)15(16)8-10-18/h13,15-17,19H,2-11H2,1H3/t13?,15-,16-,17+,18+/m1/s1. The zero-order valence-electron chi connectivity index (χ0n) is 12.3. The van der Waals surface area contributed by atoms with Crippen LogP contribution in [0.1, 0.15) is 71.1 Å². The fourth-order valence-corrected chi connectivity index (χ4v) is 6.18. The van der Waals surface area contributed by atoms with Gasteiger partial charge in [-0.25, -0.2) is 0 Å². The van der Waals surface area contributed by atoms with E-state index in [4.69, 9.17) is 0 Å². The average Bonchev–Trinajstić information content (AvgIpc) is 2.79. The van der Waals surface area contributed by atoms with Crippen molar-refractivity contribution in [3.05, 3.63) is 11.1 Å². The maximum atomic E-state index is 9.90. The van der Waals surface area contributed by atoms with Gasteiger partial charge in [0, 0.05) is 0 Å². The van der Waals surface area contributed by atoms with Gasteiger partial charge in [-0.1, -0.05) is 24.5 Å². The Bertz CT molecular complexity index is 410. The van der Waals surface area contributed by atoms with Crippen molar-refractivity contribution in [3.8, 4) is 0 Å². The molecule has 0 radical (unpaired) electrons. The third-order valence-electron chi connectivity index (χ3n) is 7.13. The monoisotopic (exact) mass is 260 g/mol. The molecule has 2 fully saturated rings. The van der Waals surface area contributed by atoms with Crippen LogP contribution in [0.15, 0.2) is 11.1 Å². The first-order chi connectivity index (χ1) is 9.17. The van der Waals surface area contributed by atoms with Crippen molar-refractivity contribution < 1.29 is 5.11 Å². The number of aliphatic hydroxyl groups is 1. The van der Waals surface area contributed by atoms with E-state index in [0.717, 1.165) is 30.6 Å². The molecule has 2 saturated carbocycles. The van der Waals surface area contributed by atoms with E-state index in [1.54, 1.807) is 5.57 Å².